The first-order valence-electron chi connectivity index (χ1n) is 9.92. The molecule has 3 rings (SSSR count). The van der Waals surface area contributed by atoms with Gasteiger partial charge < -0.3 is 0 Å². The zero-order valence-electron chi connectivity index (χ0n) is 17.0. The van der Waals surface area contributed by atoms with Gasteiger partial charge in [0.2, 0.25) is 0 Å². The quantitative estimate of drug-likeness (QED) is 0.386. The lowest BCUT2D eigenvalue weighted by atomic mass is 10.2. The van der Waals surface area contributed by atoms with Gasteiger partial charge in [0.15, 0.2) is 0 Å². The van der Waals surface area contributed by atoms with Gasteiger partial charge in [0.1, 0.15) is 0 Å². The molecule has 162 valence electrons. The lowest BCUT2D eigenvalue weighted by Gasteiger charge is -2.34. The third kappa shape index (κ3) is 7.29. The number of nitrogens with zero attached hydrogens (tertiary/aromatic N) is 4. The third-order valence-corrected chi connectivity index (χ3v) is 5.16. The molecular formula is C22H24ClN5O3. The fourth-order valence-electron chi connectivity index (χ4n) is 3.29. The number of allylic oxidation sites excluding steroid dienone is 1. The Labute approximate surface area is 185 Å². The van der Waals surface area contributed by atoms with Crippen molar-refractivity contribution in [3.63, 3.8) is 0 Å². The Morgan fingerprint density at radius 1 is 1.10 bits per heavy atom. The molecule has 31 heavy (non-hydrogen) atoms. The van der Waals surface area contributed by atoms with E-state index in [0.717, 1.165) is 37.7 Å². The number of carbonyl (C=O) groups is 1. The third-order valence-electron chi connectivity index (χ3n) is 4.91. The molecule has 2 aromatic carbocycles. The van der Waals surface area contributed by atoms with Crippen LogP contribution in [-0.4, -0.2) is 59.6 Å². The van der Waals surface area contributed by atoms with Crippen molar-refractivity contribution in [1.82, 2.24) is 15.2 Å². The Kier molecular flexibility index (Phi) is 8.28. The number of halogens is 1. The summed E-state index contributed by atoms with van der Waals surface area (Å²) in [6.45, 7) is 4.54. The van der Waals surface area contributed by atoms with Gasteiger partial charge in [-0.15, -0.1) is 0 Å². The Bertz CT molecular complexity index is 954. The molecule has 1 N–H and O–H groups in total. The number of benzene rings is 2. The molecule has 8 nitrogen and oxygen atoms in total. The van der Waals surface area contributed by atoms with Crippen molar-refractivity contribution in [2.45, 2.75) is 6.54 Å². The molecule has 0 spiro atoms. The average molecular weight is 442 g/mol. The topological polar surface area (TPSA) is 91.1 Å². The summed E-state index contributed by atoms with van der Waals surface area (Å²) in [4.78, 5) is 27.1. The largest absolute Gasteiger partial charge is 0.297 e. The lowest BCUT2D eigenvalue weighted by Crippen LogP contribution is -2.48. The highest BCUT2D eigenvalue weighted by Gasteiger charge is 2.18. The highest BCUT2D eigenvalue weighted by Crippen LogP contribution is 2.18. The maximum atomic E-state index is 12.1. The predicted octanol–water partition coefficient (Wildman–Crippen LogP) is 3.18. The van der Waals surface area contributed by atoms with Crippen LogP contribution in [0.4, 0.5) is 5.69 Å². The Balaban J connectivity index is 1.37. The van der Waals surface area contributed by atoms with Crippen molar-refractivity contribution in [3.05, 3.63) is 80.9 Å². The van der Waals surface area contributed by atoms with Crippen LogP contribution in [0.3, 0.4) is 0 Å². The van der Waals surface area contributed by atoms with Crippen LogP contribution in [-0.2, 0) is 11.3 Å². The van der Waals surface area contributed by atoms with Crippen LogP contribution in [0, 0.1) is 10.1 Å². The van der Waals surface area contributed by atoms with Crippen molar-refractivity contribution in [2.24, 2.45) is 5.10 Å². The fraction of sp³-hybridized carbons (Fsp3) is 0.273. The van der Waals surface area contributed by atoms with E-state index in [1.54, 1.807) is 30.4 Å². The van der Waals surface area contributed by atoms with E-state index < -0.39 is 4.92 Å². The monoisotopic (exact) mass is 441 g/mol. The summed E-state index contributed by atoms with van der Waals surface area (Å²) < 4.78 is 0. The van der Waals surface area contributed by atoms with Crippen LogP contribution in [0.15, 0.2) is 59.7 Å². The Morgan fingerprint density at radius 2 is 1.77 bits per heavy atom. The van der Waals surface area contributed by atoms with Gasteiger partial charge in [-0.2, -0.15) is 5.10 Å². The van der Waals surface area contributed by atoms with E-state index in [1.807, 2.05) is 24.3 Å². The van der Waals surface area contributed by atoms with Crippen LogP contribution < -0.4 is 5.43 Å². The van der Waals surface area contributed by atoms with Gasteiger partial charge in [-0.3, -0.25) is 24.7 Å². The number of hydrogen-bond donors (Lipinski definition) is 1. The normalized spacial score (nSPS) is 15.5. The molecule has 0 saturated carbocycles. The molecule has 0 aliphatic carbocycles. The summed E-state index contributed by atoms with van der Waals surface area (Å²) in [6.07, 6.45) is 4.53. The van der Waals surface area contributed by atoms with Gasteiger partial charge in [0.05, 0.1) is 17.0 Å². The van der Waals surface area contributed by atoms with E-state index in [4.69, 9.17) is 11.6 Å². The number of nitro groups is 1. The summed E-state index contributed by atoms with van der Waals surface area (Å²) in [7, 11) is 0. The lowest BCUT2D eigenvalue weighted by molar-refractivity contribution is -0.385. The number of hydrogen-bond acceptors (Lipinski definition) is 6. The van der Waals surface area contributed by atoms with E-state index >= 15 is 0 Å². The fourth-order valence-corrected chi connectivity index (χ4v) is 3.41. The van der Waals surface area contributed by atoms with E-state index in [1.165, 1.54) is 17.8 Å². The van der Waals surface area contributed by atoms with Crippen molar-refractivity contribution in [2.75, 3.05) is 32.7 Å². The van der Waals surface area contributed by atoms with E-state index in [9.17, 15) is 14.9 Å². The van der Waals surface area contributed by atoms with Crippen LogP contribution in [0.2, 0.25) is 5.02 Å². The minimum absolute atomic E-state index is 0.0198. The van der Waals surface area contributed by atoms with Crippen LogP contribution in [0.25, 0.3) is 6.08 Å². The second kappa shape index (κ2) is 11.4. The summed E-state index contributed by atoms with van der Waals surface area (Å²) in [5, 5.41) is 15.6. The van der Waals surface area contributed by atoms with Crippen molar-refractivity contribution >= 4 is 35.5 Å². The molecule has 0 unspecified atom stereocenters. The van der Waals surface area contributed by atoms with Crippen LogP contribution in [0.1, 0.15) is 11.1 Å². The molecule has 0 aromatic heterocycles. The zero-order chi connectivity index (χ0) is 22.1. The van der Waals surface area contributed by atoms with E-state index in [-0.39, 0.29) is 18.1 Å². The molecule has 1 aliphatic rings. The number of para-hydroxylation sites is 1. The standard InChI is InChI=1S/C22H24ClN5O3/c23-20-9-7-18(8-10-20)16-26-12-14-27(15-13-26)17-22(29)25-24-11-3-5-19-4-1-2-6-21(19)28(30)31/h1-11H,12-17H2,(H,25,29)/b5-3+,24-11+. The van der Waals surface area contributed by atoms with Gasteiger partial charge in [-0.25, -0.2) is 5.43 Å². The SMILES string of the molecule is O=C(CN1CCN(Cc2ccc(Cl)cc2)CC1)N/N=C/C=C/c1ccccc1[N+](=O)[O-]. The maximum absolute atomic E-state index is 12.1. The van der Waals surface area contributed by atoms with Crippen molar-refractivity contribution in [1.29, 1.82) is 0 Å². The molecule has 1 amide bonds. The number of carbonyl (C=O) groups excluding carboxylic acids is 1. The number of hydrazone groups is 1. The minimum Gasteiger partial charge on any atom is -0.297 e. The van der Waals surface area contributed by atoms with Crippen molar-refractivity contribution < 1.29 is 9.72 Å². The first kappa shape index (κ1) is 22.6. The maximum Gasteiger partial charge on any atom is 0.276 e. The summed E-state index contributed by atoms with van der Waals surface area (Å²) in [6, 6.07) is 14.3. The second-order valence-corrected chi connectivity index (χ2v) is 7.60. The second-order valence-electron chi connectivity index (χ2n) is 7.17. The molecule has 1 heterocycles. The van der Waals surface area contributed by atoms with E-state index in [0.29, 0.717) is 5.56 Å². The van der Waals surface area contributed by atoms with Gasteiger partial charge >= 0.3 is 0 Å². The number of amides is 1. The van der Waals surface area contributed by atoms with Gasteiger partial charge in [0.25, 0.3) is 11.6 Å². The highest BCUT2D eigenvalue weighted by molar-refractivity contribution is 6.30. The van der Waals surface area contributed by atoms with Crippen LogP contribution >= 0.6 is 11.6 Å². The van der Waals surface area contributed by atoms with Crippen molar-refractivity contribution in [3.8, 4) is 0 Å². The number of rotatable bonds is 8. The molecule has 1 saturated heterocycles. The summed E-state index contributed by atoms with van der Waals surface area (Å²) >= 11 is 5.93. The molecular weight excluding hydrogens is 418 g/mol. The molecule has 0 atom stereocenters. The summed E-state index contributed by atoms with van der Waals surface area (Å²) in [5.41, 5.74) is 4.20. The number of nitro benzene ring substituents is 1. The van der Waals surface area contributed by atoms with Crippen LogP contribution in [0.5, 0.6) is 0 Å². The first-order chi connectivity index (χ1) is 15.0. The summed E-state index contributed by atoms with van der Waals surface area (Å²) in [5.74, 6) is -0.193. The number of nitrogens with one attached hydrogen (secondary N) is 1. The van der Waals surface area contributed by atoms with Gasteiger partial charge in [-0.05, 0) is 35.9 Å². The molecule has 0 radical (unpaired) electrons. The van der Waals surface area contributed by atoms with E-state index in [2.05, 4.69) is 20.3 Å². The molecule has 0 bridgehead atoms. The molecule has 1 aliphatic heterocycles. The smallest absolute Gasteiger partial charge is 0.276 e. The molecule has 9 heteroatoms. The Hall–Kier alpha value is -3.07. The predicted molar refractivity (Wildman–Crippen MR) is 122 cm³/mol. The molecule has 2 aromatic rings. The van der Waals surface area contributed by atoms with Gasteiger partial charge in [-0.1, -0.05) is 35.9 Å². The number of piperazine rings is 1. The Morgan fingerprint density at radius 3 is 2.48 bits per heavy atom. The molecule has 1 fully saturated rings. The zero-order valence-corrected chi connectivity index (χ0v) is 17.7. The highest BCUT2D eigenvalue weighted by atomic mass is 35.5. The minimum atomic E-state index is -0.437. The average Bonchev–Trinajstić information content (AvgIpc) is 2.76. The van der Waals surface area contributed by atoms with Gasteiger partial charge in [0, 0.05) is 50.0 Å². The first-order valence-corrected chi connectivity index (χ1v) is 10.3.